The van der Waals surface area contributed by atoms with Crippen molar-refractivity contribution in [3.8, 4) is 0 Å². The Morgan fingerprint density at radius 1 is 1.42 bits per heavy atom. The zero-order valence-corrected chi connectivity index (χ0v) is 14.2. The molecule has 0 aliphatic heterocycles. The number of benzene rings is 1. The van der Waals surface area contributed by atoms with Crippen LogP contribution in [-0.4, -0.2) is 14.9 Å². The van der Waals surface area contributed by atoms with Crippen molar-refractivity contribution in [3.05, 3.63) is 48.8 Å². The highest BCUT2D eigenvalue weighted by Gasteiger charge is 2.17. The summed E-state index contributed by atoms with van der Waals surface area (Å²) in [4.78, 5) is 0. The van der Waals surface area contributed by atoms with Gasteiger partial charge in [0, 0.05) is 17.0 Å². The van der Waals surface area contributed by atoms with E-state index < -0.39 is 6.10 Å². The SMILES string of the molecule is Cc1nn(C)c(CC(O)c2ccc(I)c(Cl)c2)c1Cl. The van der Waals surface area contributed by atoms with E-state index in [0.717, 1.165) is 20.5 Å². The van der Waals surface area contributed by atoms with Crippen LogP contribution in [-0.2, 0) is 13.5 Å². The first-order chi connectivity index (χ1) is 8.90. The summed E-state index contributed by atoms with van der Waals surface area (Å²) in [7, 11) is 1.82. The van der Waals surface area contributed by atoms with Crippen molar-refractivity contribution in [2.45, 2.75) is 19.4 Å². The molecule has 102 valence electrons. The van der Waals surface area contributed by atoms with Crippen LogP contribution in [0.4, 0.5) is 0 Å². The third-order valence-corrected chi connectivity index (χ3v) is 5.04. The smallest absolute Gasteiger partial charge is 0.0848 e. The van der Waals surface area contributed by atoms with Crippen molar-refractivity contribution in [1.82, 2.24) is 9.78 Å². The molecule has 0 fully saturated rings. The fourth-order valence-electron chi connectivity index (χ4n) is 1.92. The lowest BCUT2D eigenvalue weighted by Crippen LogP contribution is -2.07. The Labute approximate surface area is 135 Å². The van der Waals surface area contributed by atoms with Crippen LogP contribution in [0.3, 0.4) is 0 Å². The molecule has 1 N–H and O–H groups in total. The molecule has 0 bridgehead atoms. The van der Waals surface area contributed by atoms with E-state index in [0.29, 0.717) is 16.5 Å². The minimum absolute atomic E-state index is 0.410. The molecule has 0 aliphatic rings. The van der Waals surface area contributed by atoms with Crippen LogP contribution in [0, 0.1) is 10.5 Å². The predicted octanol–water partition coefficient (Wildman–Crippen LogP) is 3.92. The third kappa shape index (κ3) is 3.24. The molecule has 6 heteroatoms. The van der Waals surface area contributed by atoms with Crippen molar-refractivity contribution in [1.29, 1.82) is 0 Å². The number of halogens is 3. The first kappa shape index (κ1) is 15.1. The third-order valence-electron chi connectivity index (χ3n) is 2.98. The summed E-state index contributed by atoms with van der Waals surface area (Å²) in [5.41, 5.74) is 2.37. The van der Waals surface area contributed by atoms with E-state index in [9.17, 15) is 5.11 Å². The van der Waals surface area contributed by atoms with Gasteiger partial charge in [-0.3, -0.25) is 4.68 Å². The van der Waals surface area contributed by atoms with Gasteiger partial charge in [0.15, 0.2) is 0 Å². The molecule has 3 nitrogen and oxygen atoms in total. The van der Waals surface area contributed by atoms with Crippen LogP contribution >= 0.6 is 45.8 Å². The van der Waals surface area contributed by atoms with Crippen molar-refractivity contribution in [2.75, 3.05) is 0 Å². The molecule has 1 unspecified atom stereocenters. The molecule has 0 amide bonds. The highest BCUT2D eigenvalue weighted by atomic mass is 127. The van der Waals surface area contributed by atoms with Crippen LogP contribution < -0.4 is 0 Å². The van der Waals surface area contributed by atoms with E-state index in [1.807, 2.05) is 26.1 Å². The highest BCUT2D eigenvalue weighted by molar-refractivity contribution is 14.1. The molecule has 0 radical (unpaired) electrons. The molecule has 1 aromatic heterocycles. The molecule has 0 saturated heterocycles. The van der Waals surface area contributed by atoms with E-state index in [4.69, 9.17) is 23.2 Å². The minimum atomic E-state index is -0.651. The van der Waals surface area contributed by atoms with Gasteiger partial charge in [-0.2, -0.15) is 5.10 Å². The molecule has 1 aromatic carbocycles. The summed E-state index contributed by atoms with van der Waals surface area (Å²) in [5.74, 6) is 0. The molecular formula is C13H13Cl2IN2O. The largest absolute Gasteiger partial charge is 0.388 e. The number of aliphatic hydroxyl groups is 1. The van der Waals surface area contributed by atoms with Gasteiger partial charge in [0.1, 0.15) is 0 Å². The molecule has 19 heavy (non-hydrogen) atoms. The van der Waals surface area contributed by atoms with Gasteiger partial charge in [0.05, 0.1) is 27.5 Å². The van der Waals surface area contributed by atoms with Gasteiger partial charge in [-0.15, -0.1) is 0 Å². The lowest BCUT2D eigenvalue weighted by molar-refractivity contribution is 0.176. The van der Waals surface area contributed by atoms with Crippen molar-refractivity contribution in [3.63, 3.8) is 0 Å². The van der Waals surface area contributed by atoms with Crippen LogP contribution in [0.25, 0.3) is 0 Å². The van der Waals surface area contributed by atoms with Gasteiger partial charge in [-0.05, 0) is 47.2 Å². The normalized spacial score (nSPS) is 12.7. The number of hydrogen-bond donors (Lipinski definition) is 1. The van der Waals surface area contributed by atoms with Gasteiger partial charge in [-0.1, -0.05) is 29.3 Å². The lowest BCUT2D eigenvalue weighted by Gasteiger charge is -2.12. The van der Waals surface area contributed by atoms with Crippen LogP contribution in [0.15, 0.2) is 18.2 Å². The molecule has 1 heterocycles. The summed E-state index contributed by atoms with van der Waals surface area (Å²) >= 11 is 14.4. The maximum Gasteiger partial charge on any atom is 0.0848 e. The van der Waals surface area contributed by atoms with Gasteiger partial charge in [0.2, 0.25) is 0 Å². The number of nitrogens with zero attached hydrogens (tertiary/aromatic N) is 2. The molecule has 0 spiro atoms. The Balaban J connectivity index is 2.25. The summed E-state index contributed by atoms with van der Waals surface area (Å²) in [6.45, 7) is 1.85. The van der Waals surface area contributed by atoms with E-state index in [2.05, 4.69) is 27.7 Å². The van der Waals surface area contributed by atoms with Crippen molar-refractivity contribution in [2.24, 2.45) is 7.05 Å². The van der Waals surface area contributed by atoms with E-state index in [1.165, 1.54) is 0 Å². The summed E-state index contributed by atoms with van der Waals surface area (Å²) < 4.78 is 2.67. The van der Waals surface area contributed by atoms with Crippen LogP contribution in [0.1, 0.15) is 23.1 Å². The van der Waals surface area contributed by atoms with Gasteiger partial charge >= 0.3 is 0 Å². The quantitative estimate of drug-likeness (QED) is 0.779. The van der Waals surface area contributed by atoms with Crippen molar-refractivity contribution >= 4 is 45.8 Å². The maximum absolute atomic E-state index is 10.3. The Kier molecular flexibility index (Phi) is 4.76. The number of aryl methyl sites for hydroxylation is 2. The maximum atomic E-state index is 10.3. The summed E-state index contributed by atoms with van der Waals surface area (Å²) in [6.07, 6.45) is -0.241. The van der Waals surface area contributed by atoms with Crippen LogP contribution in [0.5, 0.6) is 0 Å². The average Bonchev–Trinajstić information content (AvgIpc) is 2.59. The van der Waals surface area contributed by atoms with Gasteiger partial charge < -0.3 is 5.11 Å². The molecule has 0 aliphatic carbocycles. The van der Waals surface area contributed by atoms with Gasteiger partial charge in [0.25, 0.3) is 0 Å². The van der Waals surface area contributed by atoms with Gasteiger partial charge in [-0.25, -0.2) is 0 Å². The van der Waals surface area contributed by atoms with E-state index in [1.54, 1.807) is 10.7 Å². The number of hydrogen-bond acceptors (Lipinski definition) is 2. The second-order valence-corrected chi connectivity index (χ2v) is 6.31. The zero-order chi connectivity index (χ0) is 14.2. The minimum Gasteiger partial charge on any atom is -0.388 e. The standard InChI is InChI=1S/C13H13Cl2IN2O/c1-7-13(15)11(18(2)17-7)6-12(19)8-3-4-10(16)9(14)5-8/h3-5,12,19H,6H2,1-2H3. The number of aromatic nitrogens is 2. The first-order valence-electron chi connectivity index (χ1n) is 5.71. The zero-order valence-electron chi connectivity index (χ0n) is 10.5. The first-order valence-corrected chi connectivity index (χ1v) is 7.54. The fraction of sp³-hybridized carbons (Fsp3) is 0.308. The van der Waals surface area contributed by atoms with Crippen molar-refractivity contribution < 1.29 is 5.11 Å². The Morgan fingerprint density at radius 3 is 2.63 bits per heavy atom. The second-order valence-electron chi connectivity index (χ2n) is 4.36. The Morgan fingerprint density at radius 2 is 2.11 bits per heavy atom. The highest BCUT2D eigenvalue weighted by Crippen LogP contribution is 2.28. The summed E-state index contributed by atoms with van der Waals surface area (Å²) in [5, 5.41) is 15.8. The predicted molar refractivity (Wildman–Crippen MR) is 85.8 cm³/mol. The Bertz CT molecular complexity index is 613. The monoisotopic (exact) mass is 410 g/mol. The number of aliphatic hydroxyl groups excluding tert-OH is 1. The lowest BCUT2D eigenvalue weighted by atomic mass is 10.0. The molecule has 0 saturated carbocycles. The average molecular weight is 411 g/mol. The number of rotatable bonds is 3. The van der Waals surface area contributed by atoms with E-state index >= 15 is 0 Å². The van der Waals surface area contributed by atoms with E-state index in [-0.39, 0.29) is 0 Å². The second kappa shape index (κ2) is 5.99. The van der Waals surface area contributed by atoms with Crippen LogP contribution in [0.2, 0.25) is 10.0 Å². The molecular weight excluding hydrogens is 398 g/mol. The molecule has 2 aromatic rings. The summed E-state index contributed by atoms with van der Waals surface area (Å²) in [6, 6.07) is 5.54. The topological polar surface area (TPSA) is 38.0 Å². The molecule has 1 atom stereocenters. The fourth-order valence-corrected chi connectivity index (χ4v) is 2.68. The Hall–Kier alpha value is -0.300. The molecule has 2 rings (SSSR count).